The molecule has 1 aromatic carbocycles. The summed E-state index contributed by atoms with van der Waals surface area (Å²) < 4.78 is 5.98. The zero-order valence-corrected chi connectivity index (χ0v) is 20.9. The fourth-order valence-electron chi connectivity index (χ4n) is 3.70. The number of rotatable bonds is 13. The van der Waals surface area contributed by atoms with Gasteiger partial charge in [-0.3, -0.25) is 19.4 Å². The maximum absolute atomic E-state index is 13.7. The van der Waals surface area contributed by atoms with Crippen LogP contribution in [0.1, 0.15) is 55.4 Å². The van der Waals surface area contributed by atoms with E-state index in [1.165, 1.54) is 6.42 Å². The monoisotopic (exact) mass is 489 g/mol. The molecule has 0 bridgehead atoms. The van der Waals surface area contributed by atoms with Crippen molar-refractivity contribution in [2.75, 3.05) is 0 Å². The highest BCUT2D eigenvalue weighted by Crippen LogP contribution is 2.25. The molecule has 8 nitrogen and oxygen atoms in total. The molecular weight excluding hydrogens is 456 g/mol. The second-order valence-electron chi connectivity index (χ2n) is 9.33. The van der Waals surface area contributed by atoms with E-state index in [9.17, 15) is 14.4 Å². The van der Waals surface area contributed by atoms with Crippen LogP contribution in [0.5, 0.6) is 0 Å². The number of pyridine rings is 1. The molecule has 2 amide bonds. The molecule has 0 aliphatic carbocycles. The van der Waals surface area contributed by atoms with E-state index in [-0.39, 0.29) is 23.9 Å². The van der Waals surface area contributed by atoms with Crippen LogP contribution in [-0.4, -0.2) is 33.6 Å². The van der Waals surface area contributed by atoms with Gasteiger partial charge in [0.25, 0.3) is 0 Å². The van der Waals surface area contributed by atoms with E-state index in [1.807, 2.05) is 50.2 Å². The quantitative estimate of drug-likeness (QED) is 0.350. The van der Waals surface area contributed by atoms with Crippen molar-refractivity contribution in [2.24, 2.45) is 17.6 Å². The number of hydrogen-bond acceptors (Lipinski definition) is 6. The molecule has 36 heavy (non-hydrogen) atoms. The fourth-order valence-corrected chi connectivity index (χ4v) is 3.70. The van der Waals surface area contributed by atoms with Crippen LogP contribution in [0.25, 0.3) is 11.5 Å². The molecule has 8 heteroatoms. The maximum Gasteiger partial charge on any atom is 0.228 e. The number of ketones is 1. The Bertz CT molecular complexity index is 1160. The second-order valence-corrected chi connectivity index (χ2v) is 9.33. The first-order valence-electron chi connectivity index (χ1n) is 12.2. The largest absolute Gasteiger partial charge is 0.433 e. The first kappa shape index (κ1) is 26.8. The van der Waals surface area contributed by atoms with E-state index in [1.54, 1.807) is 25.4 Å². The molecule has 3 N–H and O–H groups in total. The number of hydrogen-bond donors (Lipinski definition) is 2. The first-order chi connectivity index (χ1) is 17.2. The van der Waals surface area contributed by atoms with Crippen LogP contribution in [0.15, 0.2) is 59.3 Å². The van der Waals surface area contributed by atoms with Gasteiger partial charge in [0.05, 0.1) is 23.7 Å². The minimum absolute atomic E-state index is 0.145. The Balaban J connectivity index is 1.86. The maximum atomic E-state index is 13.7. The lowest BCUT2D eigenvalue weighted by Gasteiger charge is -2.18. The van der Waals surface area contributed by atoms with E-state index in [0.717, 1.165) is 5.56 Å². The van der Waals surface area contributed by atoms with Crippen molar-refractivity contribution in [3.63, 3.8) is 0 Å². The number of primary amides is 1. The van der Waals surface area contributed by atoms with Gasteiger partial charge >= 0.3 is 0 Å². The molecule has 2 aromatic heterocycles. The van der Waals surface area contributed by atoms with Gasteiger partial charge in [-0.15, -0.1) is 0 Å². The van der Waals surface area contributed by atoms with Gasteiger partial charge in [0.1, 0.15) is 0 Å². The molecule has 0 aliphatic heterocycles. The Morgan fingerprint density at radius 1 is 1.08 bits per heavy atom. The number of Topliss-reactive ketones (excluding diaryl/α,β-unsaturated/α-hetero) is 1. The van der Waals surface area contributed by atoms with Crippen LogP contribution in [-0.2, 0) is 22.4 Å². The number of carbonyl (C=O) groups excluding carboxylic acids is 3. The molecular formula is C28H33N4O4. The smallest absolute Gasteiger partial charge is 0.228 e. The number of aromatic nitrogens is 2. The lowest BCUT2D eigenvalue weighted by Crippen LogP contribution is -2.42. The Kier molecular flexibility index (Phi) is 9.50. The number of amides is 2. The Morgan fingerprint density at radius 2 is 1.83 bits per heavy atom. The first-order valence-corrected chi connectivity index (χ1v) is 12.2. The van der Waals surface area contributed by atoms with Crippen LogP contribution in [0.2, 0.25) is 0 Å². The lowest BCUT2D eigenvalue weighted by atomic mass is 9.97. The SMILES string of the molecule is CC(C)Cc1nc(-c2cccnc2)oc1C(=O)C(CCc1ccccc1)NC(=O)[CH]CC(C)C(N)=O. The summed E-state index contributed by atoms with van der Waals surface area (Å²) in [7, 11) is 0. The van der Waals surface area contributed by atoms with E-state index in [0.29, 0.717) is 36.4 Å². The molecule has 0 aliphatic rings. The minimum atomic E-state index is -0.835. The van der Waals surface area contributed by atoms with Crippen molar-refractivity contribution in [3.8, 4) is 11.5 Å². The van der Waals surface area contributed by atoms with Crippen molar-refractivity contribution in [1.29, 1.82) is 0 Å². The van der Waals surface area contributed by atoms with Gasteiger partial charge in [-0.2, -0.15) is 0 Å². The van der Waals surface area contributed by atoms with Crippen LogP contribution >= 0.6 is 0 Å². The van der Waals surface area contributed by atoms with Crippen molar-refractivity contribution < 1.29 is 18.8 Å². The van der Waals surface area contributed by atoms with Gasteiger partial charge in [0, 0.05) is 18.3 Å². The predicted octanol–water partition coefficient (Wildman–Crippen LogP) is 3.95. The van der Waals surface area contributed by atoms with Crippen molar-refractivity contribution in [1.82, 2.24) is 15.3 Å². The molecule has 2 unspecified atom stereocenters. The van der Waals surface area contributed by atoms with Gasteiger partial charge in [0.2, 0.25) is 23.5 Å². The summed E-state index contributed by atoms with van der Waals surface area (Å²) >= 11 is 0. The number of benzene rings is 1. The highest BCUT2D eigenvalue weighted by molar-refractivity contribution is 6.01. The van der Waals surface area contributed by atoms with Crippen LogP contribution in [0.4, 0.5) is 0 Å². The summed E-state index contributed by atoms with van der Waals surface area (Å²) in [4.78, 5) is 46.5. The zero-order chi connectivity index (χ0) is 26.1. The fraction of sp³-hybridized carbons (Fsp3) is 0.357. The molecule has 0 saturated carbocycles. The van der Waals surface area contributed by atoms with Crippen molar-refractivity contribution in [3.05, 3.63) is 78.3 Å². The van der Waals surface area contributed by atoms with Crippen LogP contribution in [0.3, 0.4) is 0 Å². The third kappa shape index (κ3) is 7.60. The third-order valence-corrected chi connectivity index (χ3v) is 5.77. The molecule has 2 atom stereocenters. The number of aryl methyl sites for hydroxylation is 1. The van der Waals surface area contributed by atoms with Crippen molar-refractivity contribution in [2.45, 2.75) is 52.5 Å². The third-order valence-electron chi connectivity index (χ3n) is 5.77. The highest BCUT2D eigenvalue weighted by Gasteiger charge is 2.29. The van der Waals surface area contributed by atoms with E-state index < -0.39 is 23.8 Å². The molecule has 2 heterocycles. The number of nitrogens with two attached hydrogens (primary N) is 1. The van der Waals surface area contributed by atoms with Gasteiger partial charge in [-0.25, -0.2) is 4.98 Å². The summed E-state index contributed by atoms with van der Waals surface area (Å²) in [6.07, 6.45) is 6.32. The topological polar surface area (TPSA) is 128 Å². The number of carbonyl (C=O) groups is 3. The standard InChI is InChI=1S/C28H33N4O4/c1-18(2)16-23-26(36-28(32-23)21-10-7-15-30-17-21)25(34)22(13-12-20-8-5-4-6-9-20)31-24(33)14-11-19(3)27(29)35/h4-10,14-15,17-19,22H,11-13,16H2,1-3H3,(H2,29,35)(H,31,33). The number of nitrogens with one attached hydrogen (secondary N) is 1. The van der Waals surface area contributed by atoms with Gasteiger partial charge < -0.3 is 15.5 Å². The Labute approximate surface area is 211 Å². The number of oxazole rings is 1. The zero-order valence-electron chi connectivity index (χ0n) is 20.9. The van der Waals surface area contributed by atoms with E-state index in [2.05, 4.69) is 15.3 Å². The second kappa shape index (κ2) is 12.8. The Hall–Kier alpha value is -3.81. The van der Waals surface area contributed by atoms with Crippen LogP contribution in [0, 0.1) is 18.3 Å². The normalized spacial score (nSPS) is 12.8. The Morgan fingerprint density at radius 3 is 2.47 bits per heavy atom. The van der Waals surface area contributed by atoms with Gasteiger partial charge in [-0.05, 0) is 49.3 Å². The summed E-state index contributed by atoms with van der Waals surface area (Å²) in [6, 6.07) is 12.5. The van der Waals surface area contributed by atoms with Crippen molar-refractivity contribution >= 4 is 17.6 Å². The summed E-state index contributed by atoms with van der Waals surface area (Å²) in [6.45, 7) is 5.73. The molecule has 189 valence electrons. The number of nitrogens with zero attached hydrogens (tertiary/aromatic N) is 2. The van der Waals surface area contributed by atoms with Gasteiger partial charge in [0.15, 0.2) is 5.76 Å². The minimum Gasteiger partial charge on any atom is -0.433 e. The molecule has 1 radical (unpaired) electrons. The van der Waals surface area contributed by atoms with Crippen LogP contribution < -0.4 is 11.1 Å². The summed E-state index contributed by atoms with van der Waals surface area (Å²) in [5, 5.41) is 2.81. The average molecular weight is 490 g/mol. The molecule has 0 saturated heterocycles. The highest BCUT2D eigenvalue weighted by atomic mass is 16.4. The average Bonchev–Trinajstić information content (AvgIpc) is 3.28. The summed E-state index contributed by atoms with van der Waals surface area (Å²) in [5.74, 6) is -1.05. The summed E-state index contributed by atoms with van der Waals surface area (Å²) in [5.41, 5.74) is 7.57. The van der Waals surface area contributed by atoms with Gasteiger partial charge in [-0.1, -0.05) is 51.1 Å². The molecule has 3 rings (SSSR count). The molecule has 0 spiro atoms. The molecule has 3 aromatic rings. The lowest BCUT2D eigenvalue weighted by molar-refractivity contribution is -0.121. The predicted molar refractivity (Wildman–Crippen MR) is 137 cm³/mol. The van der Waals surface area contributed by atoms with E-state index >= 15 is 0 Å². The van der Waals surface area contributed by atoms with E-state index in [4.69, 9.17) is 10.2 Å². The molecule has 0 fully saturated rings.